The summed E-state index contributed by atoms with van der Waals surface area (Å²) in [6.07, 6.45) is 4.05. The predicted octanol–water partition coefficient (Wildman–Crippen LogP) is 3.58. The molecule has 0 bridgehead atoms. The first-order valence-electron chi connectivity index (χ1n) is 8.73. The number of rotatable bonds is 5. The number of piperidine rings is 1. The molecule has 0 saturated carbocycles. The van der Waals surface area contributed by atoms with Crippen LogP contribution in [0.15, 0.2) is 18.2 Å². The SMILES string of the molecule is COC(=O)[C@H](C)NC(=O)C1CCN(C(=O)/C=C/c2ccc(Cl)c(Cl)c2Cl)CC1. The molecule has 0 aromatic heterocycles. The van der Waals surface area contributed by atoms with Crippen molar-refractivity contribution >= 4 is 58.7 Å². The van der Waals surface area contributed by atoms with Gasteiger partial charge in [-0.1, -0.05) is 40.9 Å². The molecule has 9 heteroatoms. The number of hydrogen-bond acceptors (Lipinski definition) is 4. The molecule has 1 saturated heterocycles. The van der Waals surface area contributed by atoms with E-state index >= 15 is 0 Å². The maximum atomic E-state index is 12.4. The molecule has 6 nitrogen and oxygen atoms in total. The van der Waals surface area contributed by atoms with Crippen LogP contribution in [0.5, 0.6) is 0 Å². The largest absolute Gasteiger partial charge is 0.467 e. The summed E-state index contributed by atoms with van der Waals surface area (Å²) in [5.41, 5.74) is 0.593. The summed E-state index contributed by atoms with van der Waals surface area (Å²) in [6, 6.07) is 2.59. The van der Waals surface area contributed by atoms with Crippen LogP contribution in [0.1, 0.15) is 25.3 Å². The highest BCUT2D eigenvalue weighted by molar-refractivity contribution is 6.48. The minimum atomic E-state index is -0.698. The zero-order valence-electron chi connectivity index (χ0n) is 15.5. The van der Waals surface area contributed by atoms with E-state index in [0.717, 1.165) is 0 Å². The van der Waals surface area contributed by atoms with E-state index in [9.17, 15) is 14.4 Å². The van der Waals surface area contributed by atoms with E-state index in [1.807, 2.05) is 0 Å². The van der Waals surface area contributed by atoms with Crippen LogP contribution in [0, 0.1) is 5.92 Å². The van der Waals surface area contributed by atoms with Gasteiger partial charge in [0.2, 0.25) is 11.8 Å². The molecule has 1 aliphatic rings. The maximum absolute atomic E-state index is 12.4. The monoisotopic (exact) mass is 446 g/mol. The van der Waals surface area contributed by atoms with Crippen molar-refractivity contribution in [2.24, 2.45) is 5.92 Å². The Morgan fingerprint density at radius 3 is 2.43 bits per heavy atom. The first kappa shape index (κ1) is 22.5. The van der Waals surface area contributed by atoms with Crippen molar-refractivity contribution in [3.05, 3.63) is 38.8 Å². The molecule has 1 N–H and O–H groups in total. The van der Waals surface area contributed by atoms with Gasteiger partial charge in [0.1, 0.15) is 6.04 Å². The summed E-state index contributed by atoms with van der Waals surface area (Å²) >= 11 is 18.0. The number of methoxy groups -OCH3 is 1. The fourth-order valence-electron chi connectivity index (χ4n) is 2.87. The van der Waals surface area contributed by atoms with Crippen LogP contribution in [0.3, 0.4) is 0 Å². The molecule has 1 atom stereocenters. The Morgan fingerprint density at radius 2 is 1.82 bits per heavy atom. The van der Waals surface area contributed by atoms with E-state index in [-0.39, 0.29) is 27.8 Å². The lowest BCUT2D eigenvalue weighted by Crippen LogP contribution is -2.46. The molecule has 0 unspecified atom stereocenters. The van der Waals surface area contributed by atoms with Crippen LogP contribution in [0.2, 0.25) is 15.1 Å². The molecule has 1 fully saturated rings. The normalized spacial score (nSPS) is 16.1. The number of carbonyl (C=O) groups excluding carboxylic acids is 3. The van der Waals surface area contributed by atoms with Gasteiger partial charge >= 0.3 is 5.97 Å². The molecule has 2 amide bonds. The van der Waals surface area contributed by atoms with E-state index in [1.54, 1.807) is 30.0 Å². The molecule has 1 heterocycles. The van der Waals surface area contributed by atoms with Crippen LogP contribution in [-0.2, 0) is 19.1 Å². The summed E-state index contributed by atoms with van der Waals surface area (Å²) < 4.78 is 4.60. The first-order valence-corrected chi connectivity index (χ1v) is 9.86. The van der Waals surface area contributed by atoms with Crippen molar-refractivity contribution < 1.29 is 19.1 Å². The molecular weight excluding hydrogens is 427 g/mol. The summed E-state index contributed by atoms with van der Waals surface area (Å²) in [4.78, 5) is 37.7. The standard InChI is InChI=1S/C19H21Cl3N2O4/c1-11(19(27)28-2)23-18(26)13-7-9-24(10-8-13)15(25)6-4-12-3-5-14(20)17(22)16(12)21/h3-6,11,13H,7-10H2,1-2H3,(H,23,26)/b6-4+/t11-/m0/s1. The molecule has 0 radical (unpaired) electrons. The second-order valence-corrected chi connectivity index (χ2v) is 7.61. The van der Waals surface area contributed by atoms with Crippen LogP contribution in [0.4, 0.5) is 0 Å². The van der Waals surface area contributed by atoms with Gasteiger partial charge in [0.15, 0.2) is 0 Å². The van der Waals surface area contributed by atoms with E-state index in [1.165, 1.54) is 13.2 Å². The van der Waals surface area contributed by atoms with Gasteiger partial charge in [0.25, 0.3) is 0 Å². The topological polar surface area (TPSA) is 75.7 Å². The quantitative estimate of drug-likeness (QED) is 0.425. The van der Waals surface area contributed by atoms with Crippen molar-refractivity contribution in [3.63, 3.8) is 0 Å². The van der Waals surface area contributed by atoms with Crippen molar-refractivity contribution in [1.29, 1.82) is 0 Å². The number of ether oxygens (including phenoxy) is 1. The summed E-state index contributed by atoms with van der Waals surface area (Å²) in [6.45, 7) is 2.47. The van der Waals surface area contributed by atoms with Crippen LogP contribution in [-0.4, -0.2) is 48.9 Å². The third kappa shape index (κ3) is 5.63. The lowest BCUT2D eigenvalue weighted by atomic mass is 9.95. The molecule has 28 heavy (non-hydrogen) atoms. The lowest BCUT2D eigenvalue weighted by Gasteiger charge is -2.31. The molecule has 1 aromatic carbocycles. The van der Waals surface area contributed by atoms with Gasteiger partial charge in [-0.2, -0.15) is 0 Å². The first-order chi connectivity index (χ1) is 13.2. The Kier molecular flexibility index (Phi) is 8.16. The number of hydrogen-bond donors (Lipinski definition) is 1. The average Bonchev–Trinajstić information content (AvgIpc) is 2.70. The van der Waals surface area contributed by atoms with Gasteiger partial charge in [-0.05, 0) is 37.5 Å². The van der Waals surface area contributed by atoms with Crippen molar-refractivity contribution in [2.45, 2.75) is 25.8 Å². The number of amides is 2. The second kappa shape index (κ2) is 10.1. The molecule has 152 valence electrons. The van der Waals surface area contributed by atoms with Gasteiger partial charge in [-0.15, -0.1) is 0 Å². The van der Waals surface area contributed by atoms with Crippen LogP contribution >= 0.6 is 34.8 Å². The summed E-state index contributed by atoms with van der Waals surface area (Å²) in [5.74, 6) is -1.12. The predicted molar refractivity (Wildman–Crippen MR) is 109 cm³/mol. The van der Waals surface area contributed by atoms with E-state index in [4.69, 9.17) is 34.8 Å². The number of nitrogens with zero attached hydrogens (tertiary/aromatic N) is 1. The number of likely N-dealkylation sites (tertiary alicyclic amines) is 1. The minimum absolute atomic E-state index is 0.177. The Bertz CT molecular complexity index is 790. The van der Waals surface area contributed by atoms with Crippen LogP contribution in [0.25, 0.3) is 6.08 Å². The maximum Gasteiger partial charge on any atom is 0.328 e. The zero-order valence-corrected chi connectivity index (χ0v) is 17.8. The number of benzene rings is 1. The fraction of sp³-hybridized carbons (Fsp3) is 0.421. The number of carbonyl (C=O) groups is 3. The smallest absolute Gasteiger partial charge is 0.328 e. The van der Waals surface area contributed by atoms with E-state index in [2.05, 4.69) is 10.1 Å². The second-order valence-electron chi connectivity index (χ2n) is 6.45. The highest BCUT2D eigenvalue weighted by Gasteiger charge is 2.28. The number of halogens is 3. The number of esters is 1. The van der Waals surface area contributed by atoms with Gasteiger partial charge in [0, 0.05) is 25.1 Å². The van der Waals surface area contributed by atoms with Crippen LogP contribution < -0.4 is 5.32 Å². The molecule has 0 aliphatic carbocycles. The fourth-order valence-corrected chi connectivity index (χ4v) is 3.47. The molecule has 2 rings (SSSR count). The average molecular weight is 448 g/mol. The zero-order chi connectivity index (χ0) is 20.8. The Morgan fingerprint density at radius 1 is 1.18 bits per heavy atom. The van der Waals surface area contributed by atoms with Crippen molar-refractivity contribution in [1.82, 2.24) is 10.2 Å². The molecule has 0 spiro atoms. The molecule has 1 aromatic rings. The van der Waals surface area contributed by atoms with Crippen molar-refractivity contribution in [2.75, 3.05) is 20.2 Å². The van der Waals surface area contributed by atoms with Gasteiger partial charge < -0.3 is 15.0 Å². The highest BCUT2D eigenvalue weighted by atomic mass is 35.5. The van der Waals surface area contributed by atoms with Gasteiger partial charge in [-0.3, -0.25) is 9.59 Å². The molecular formula is C19H21Cl3N2O4. The summed E-state index contributed by atoms with van der Waals surface area (Å²) in [5, 5.41) is 3.51. The Balaban J connectivity index is 1.89. The third-order valence-corrected chi connectivity index (χ3v) is 5.87. The highest BCUT2D eigenvalue weighted by Crippen LogP contribution is 2.33. The Labute approximate surface area is 178 Å². The number of nitrogens with one attached hydrogen (secondary N) is 1. The third-order valence-electron chi connectivity index (χ3n) is 4.56. The van der Waals surface area contributed by atoms with Gasteiger partial charge in [-0.25, -0.2) is 4.79 Å². The van der Waals surface area contributed by atoms with E-state index in [0.29, 0.717) is 36.5 Å². The van der Waals surface area contributed by atoms with E-state index < -0.39 is 12.0 Å². The van der Waals surface area contributed by atoms with Gasteiger partial charge in [0.05, 0.1) is 22.2 Å². The lowest BCUT2D eigenvalue weighted by molar-refractivity contribution is -0.145. The minimum Gasteiger partial charge on any atom is -0.467 e. The molecule has 1 aliphatic heterocycles. The van der Waals surface area contributed by atoms with Crippen molar-refractivity contribution in [3.8, 4) is 0 Å². The Hall–Kier alpha value is -1.76. The summed E-state index contributed by atoms with van der Waals surface area (Å²) in [7, 11) is 1.27.